The van der Waals surface area contributed by atoms with Gasteiger partial charge in [-0.1, -0.05) is 37.3 Å². The molecular weight excluding hydrogens is 328 g/mol. The van der Waals surface area contributed by atoms with Crippen LogP contribution in [0.15, 0.2) is 36.4 Å². The highest BCUT2D eigenvalue weighted by Crippen LogP contribution is 2.19. The summed E-state index contributed by atoms with van der Waals surface area (Å²) in [6.07, 6.45) is 6.84. The van der Waals surface area contributed by atoms with Crippen molar-refractivity contribution in [1.29, 1.82) is 0 Å². The first-order valence-electron chi connectivity index (χ1n) is 9.49. The minimum absolute atomic E-state index is 0.000849. The van der Waals surface area contributed by atoms with Gasteiger partial charge in [-0.05, 0) is 37.3 Å². The molecule has 2 atom stereocenters. The van der Waals surface area contributed by atoms with E-state index in [1.165, 1.54) is 0 Å². The second kappa shape index (κ2) is 8.96. The number of piperidine rings is 1. The molecule has 2 amide bonds. The van der Waals surface area contributed by atoms with Gasteiger partial charge in [-0.3, -0.25) is 15.0 Å². The van der Waals surface area contributed by atoms with Crippen molar-refractivity contribution in [1.82, 2.24) is 21.1 Å². The first-order chi connectivity index (χ1) is 12.7. The highest BCUT2D eigenvalue weighted by Gasteiger charge is 2.30. The lowest BCUT2D eigenvalue weighted by molar-refractivity contribution is -0.132. The minimum atomic E-state index is -0.0142. The van der Waals surface area contributed by atoms with Gasteiger partial charge in [-0.25, -0.2) is 5.43 Å². The van der Waals surface area contributed by atoms with Gasteiger partial charge in [-0.2, -0.15) is 0 Å². The minimum Gasteiger partial charge on any atom is -0.339 e. The molecule has 0 aliphatic carbocycles. The molecule has 6 heteroatoms. The van der Waals surface area contributed by atoms with Gasteiger partial charge in [0.1, 0.15) is 0 Å². The Hall–Kier alpha value is -2.18. The maximum Gasteiger partial charge on any atom is 0.246 e. The van der Waals surface area contributed by atoms with Gasteiger partial charge in [0.2, 0.25) is 11.8 Å². The predicted octanol–water partition coefficient (Wildman–Crippen LogP) is 1.66. The largest absolute Gasteiger partial charge is 0.339 e. The first kappa shape index (κ1) is 18.6. The molecule has 2 aliphatic rings. The number of hydrazine groups is 1. The van der Waals surface area contributed by atoms with Gasteiger partial charge in [0.05, 0.1) is 6.17 Å². The number of hydrogen-bond donors (Lipinski definition) is 3. The van der Waals surface area contributed by atoms with Crippen LogP contribution in [0.1, 0.15) is 38.2 Å². The molecule has 140 valence electrons. The Labute approximate surface area is 155 Å². The van der Waals surface area contributed by atoms with Crippen LogP contribution in [0.5, 0.6) is 0 Å². The molecule has 3 rings (SSSR count). The quantitative estimate of drug-likeness (QED) is 0.702. The summed E-state index contributed by atoms with van der Waals surface area (Å²) >= 11 is 0. The summed E-state index contributed by atoms with van der Waals surface area (Å²) < 4.78 is 0. The molecule has 0 bridgehead atoms. The number of rotatable bonds is 5. The molecule has 6 nitrogen and oxygen atoms in total. The SMILES string of the molecule is CCC1CC(NC(=O)C2CCN(C(=O)/C=C/c3ccccc3)CC2)NN1. The number of hydrogen-bond acceptors (Lipinski definition) is 4. The van der Waals surface area contributed by atoms with Gasteiger partial charge in [0, 0.05) is 31.1 Å². The zero-order chi connectivity index (χ0) is 18.4. The molecule has 0 aromatic heterocycles. The van der Waals surface area contributed by atoms with Crippen LogP contribution in [0.2, 0.25) is 0 Å². The Morgan fingerprint density at radius 1 is 1.19 bits per heavy atom. The number of nitrogens with zero attached hydrogens (tertiary/aromatic N) is 1. The molecular formula is C20H28N4O2. The zero-order valence-corrected chi connectivity index (χ0v) is 15.3. The summed E-state index contributed by atoms with van der Waals surface area (Å²) in [5.41, 5.74) is 7.33. The van der Waals surface area contributed by atoms with Crippen molar-refractivity contribution in [3.63, 3.8) is 0 Å². The molecule has 2 unspecified atom stereocenters. The standard InChI is InChI=1S/C20H28N4O2/c1-2-17-14-18(23-22-17)21-20(26)16-10-12-24(13-11-16)19(25)9-8-15-6-4-3-5-7-15/h3-9,16-18,22-23H,2,10-14H2,1H3,(H,21,26)/b9-8+. The summed E-state index contributed by atoms with van der Waals surface area (Å²) in [6.45, 7) is 3.39. The van der Waals surface area contributed by atoms with Crippen LogP contribution in [0, 0.1) is 5.92 Å². The monoisotopic (exact) mass is 356 g/mol. The zero-order valence-electron chi connectivity index (χ0n) is 15.3. The molecule has 2 fully saturated rings. The number of nitrogens with one attached hydrogen (secondary N) is 3. The second-order valence-corrected chi connectivity index (χ2v) is 7.03. The van der Waals surface area contributed by atoms with E-state index in [9.17, 15) is 9.59 Å². The molecule has 0 spiro atoms. The summed E-state index contributed by atoms with van der Waals surface area (Å²) in [5, 5.41) is 3.07. The van der Waals surface area contributed by atoms with Crippen LogP contribution in [0.25, 0.3) is 6.08 Å². The highest BCUT2D eigenvalue weighted by molar-refractivity contribution is 5.92. The van der Waals surface area contributed by atoms with Gasteiger partial charge in [0.25, 0.3) is 0 Å². The molecule has 26 heavy (non-hydrogen) atoms. The molecule has 2 saturated heterocycles. The fourth-order valence-electron chi connectivity index (χ4n) is 3.47. The number of carbonyl (C=O) groups excluding carboxylic acids is 2. The Morgan fingerprint density at radius 3 is 2.58 bits per heavy atom. The van der Waals surface area contributed by atoms with Gasteiger partial charge < -0.3 is 10.2 Å². The molecule has 0 radical (unpaired) electrons. The first-order valence-corrected chi connectivity index (χ1v) is 9.49. The maximum atomic E-state index is 12.4. The third kappa shape index (κ3) is 4.93. The lowest BCUT2D eigenvalue weighted by Crippen LogP contribution is -2.49. The third-order valence-corrected chi connectivity index (χ3v) is 5.19. The average molecular weight is 356 g/mol. The fourth-order valence-corrected chi connectivity index (χ4v) is 3.47. The van der Waals surface area contributed by atoms with Crippen molar-refractivity contribution in [2.75, 3.05) is 13.1 Å². The molecule has 3 N–H and O–H groups in total. The van der Waals surface area contributed by atoms with E-state index in [2.05, 4.69) is 23.1 Å². The fraction of sp³-hybridized carbons (Fsp3) is 0.500. The second-order valence-electron chi connectivity index (χ2n) is 7.03. The van der Waals surface area contributed by atoms with Crippen molar-refractivity contribution < 1.29 is 9.59 Å². The molecule has 2 heterocycles. The molecule has 0 saturated carbocycles. The van der Waals surface area contributed by atoms with Crippen molar-refractivity contribution in [3.8, 4) is 0 Å². The summed E-state index contributed by atoms with van der Waals surface area (Å²) in [6, 6.07) is 10.2. The van der Waals surface area contributed by atoms with Gasteiger partial charge in [-0.15, -0.1) is 0 Å². The van der Waals surface area contributed by atoms with E-state index in [4.69, 9.17) is 0 Å². The summed E-state index contributed by atoms with van der Waals surface area (Å²) in [7, 11) is 0. The van der Waals surface area contributed by atoms with E-state index in [1.54, 1.807) is 6.08 Å². The van der Waals surface area contributed by atoms with Crippen molar-refractivity contribution in [2.45, 2.75) is 44.8 Å². The van der Waals surface area contributed by atoms with Gasteiger partial charge >= 0.3 is 0 Å². The van der Waals surface area contributed by atoms with E-state index in [0.29, 0.717) is 32.0 Å². The Balaban J connectivity index is 1.43. The van der Waals surface area contributed by atoms with Crippen LogP contribution in [0.3, 0.4) is 0 Å². The van der Waals surface area contributed by atoms with Crippen molar-refractivity contribution in [3.05, 3.63) is 42.0 Å². The number of likely N-dealkylation sites (tertiary alicyclic amines) is 1. The van der Waals surface area contributed by atoms with Crippen LogP contribution >= 0.6 is 0 Å². The van der Waals surface area contributed by atoms with Crippen LogP contribution in [0.4, 0.5) is 0 Å². The molecule has 1 aromatic rings. The smallest absolute Gasteiger partial charge is 0.246 e. The van der Waals surface area contributed by atoms with Crippen LogP contribution < -0.4 is 16.2 Å². The maximum absolute atomic E-state index is 12.4. The highest BCUT2D eigenvalue weighted by atomic mass is 16.2. The Morgan fingerprint density at radius 2 is 1.92 bits per heavy atom. The lowest BCUT2D eigenvalue weighted by atomic mass is 9.95. The third-order valence-electron chi connectivity index (χ3n) is 5.19. The number of amides is 2. The van der Waals surface area contributed by atoms with E-state index in [0.717, 1.165) is 18.4 Å². The molecule has 1 aromatic carbocycles. The topological polar surface area (TPSA) is 73.5 Å². The Kier molecular flexibility index (Phi) is 6.41. The normalized spacial score (nSPS) is 24.1. The van der Waals surface area contributed by atoms with Crippen LogP contribution in [-0.2, 0) is 9.59 Å². The number of benzene rings is 1. The van der Waals surface area contributed by atoms with E-state index in [1.807, 2.05) is 41.3 Å². The van der Waals surface area contributed by atoms with Crippen molar-refractivity contribution in [2.24, 2.45) is 5.92 Å². The lowest BCUT2D eigenvalue weighted by Gasteiger charge is -2.31. The molecule has 2 aliphatic heterocycles. The Bertz CT molecular complexity index is 638. The van der Waals surface area contributed by atoms with E-state index in [-0.39, 0.29) is 23.9 Å². The van der Waals surface area contributed by atoms with Gasteiger partial charge in [0.15, 0.2) is 0 Å². The number of carbonyl (C=O) groups is 2. The summed E-state index contributed by atoms with van der Waals surface area (Å²) in [5.74, 6) is 0.0905. The van der Waals surface area contributed by atoms with E-state index >= 15 is 0 Å². The van der Waals surface area contributed by atoms with E-state index < -0.39 is 0 Å². The average Bonchev–Trinajstić information content (AvgIpc) is 3.14. The van der Waals surface area contributed by atoms with Crippen LogP contribution in [-0.4, -0.2) is 42.0 Å². The summed E-state index contributed by atoms with van der Waals surface area (Å²) in [4.78, 5) is 26.6. The predicted molar refractivity (Wildman–Crippen MR) is 102 cm³/mol. The van der Waals surface area contributed by atoms with Crippen molar-refractivity contribution >= 4 is 17.9 Å².